The number of carboxylic acids is 1. The van der Waals surface area contributed by atoms with E-state index in [1.807, 2.05) is 0 Å². The Labute approximate surface area is 74.5 Å². The van der Waals surface area contributed by atoms with E-state index in [4.69, 9.17) is 5.11 Å². The Morgan fingerprint density at radius 3 is 2.92 bits per heavy atom. The first-order chi connectivity index (χ1) is 6.22. The molecular formula is C9H7NO3. The van der Waals surface area contributed by atoms with Gasteiger partial charge in [0.15, 0.2) is 0 Å². The highest BCUT2D eigenvalue weighted by Gasteiger charge is 2.00. The number of aliphatic carboxylic acids is 1. The number of hydrogen-bond acceptors (Lipinski definition) is 3. The summed E-state index contributed by atoms with van der Waals surface area (Å²) in [6, 6.07) is 6.46. The fourth-order valence-electron chi connectivity index (χ4n) is 0.963. The number of nitrogens with zero attached hydrogens (tertiary/aromatic N) is 1. The van der Waals surface area contributed by atoms with Crippen molar-refractivity contribution in [1.82, 2.24) is 0 Å². The predicted octanol–water partition coefficient (Wildman–Crippen LogP) is 1.28. The van der Waals surface area contributed by atoms with Crippen molar-refractivity contribution in [3.05, 3.63) is 29.8 Å². The van der Waals surface area contributed by atoms with Gasteiger partial charge >= 0.3 is 5.97 Å². The van der Waals surface area contributed by atoms with Crippen LogP contribution in [0, 0.1) is 0 Å². The van der Waals surface area contributed by atoms with Crippen LogP contribution in [0.25, 0.3) is 0 Å². The van der Waals surface area contributed by atoms with Gasteiger partial charge < -0.3 is 5.11 Å². The molecule has 4 nitrogen and oxygen atoms in total. The molecule has 0 bridgehead atoms. The molecule has 4 heteroatoms. The number of isocyanates is 1. The van der Waals surface area contributed by atoms with Crippen molar-refractivity contribution < 1.29 is 14.7 Å². The molecule has 1 aromatic rings. The lowest BCUT2D eigenvalue weighted by Gasteiger charge is -1.96. The number of carboxylic acid groups (broad SMARTS) is 1. The Hall–Kier alpha value is -1.93. The third-order valence-electron chi connectivity index (χ3n) is 1.44. The summed E-state index contributed by atoms with van der Waals surface area (Å²) >= 11 is 0. The van der Waals surface area contributed by atoms with E-state index in [2.05, 4.69) is 4.99 Å². The summed E-state index contributed by atoms with van der Waals surface area (Å²) < 4.78 is 0. The molecule has 0 fully saturated rings. The monoisotopic (exact) mass is 177 g/mol. The molecule has 0 saturated carbocycles. The van der Waals surface area contributed by atoms with Crippen LogP contribution in [0.3, 0.4) is 0 Å². The van der Waals surface area contributed by atoms with Crippen LogP contribution < -0.4 is 0 Å². The largest absolute Gasteiger partial charge is 0.481 e. The van der Waals surface area contributed by atoms with E-state index in [1.165, 1.54) is 6.08 Å². The highest BCUT2D eigenvalue weighted by atomic mass is 16.4. The Bertz CT molecular complexity index is 367. The van der Waals surface area contributed by atoms with Crippen LogP contribution in [0.5, 0.6) is 0 Å². The van der Waals surface area contributed by atoms with Gasteiger partial charge in [0.05, 0.1) is 12.1 Å². The summed E-state index contributed by atoms with van der Waals surface area (Å²) in [5.41, 5.74) is 1.04. The Balaban J connectivity index is 2.91. The predicted molar refractivity (Wildman–Crippen MR) is 45.6 cm³/mol. The summed E-state index contributed by atoms with van der Waals surface area (Å²) in [4.78, 5) is 23.6. The zero-order chi connectivity index (χ0) is 9.68. The van der Waals surface area contributed by atoms with Crippen molar-refractivity contribution in [1.29, 1.82) is 0 Å². The van der Waals surface area contributed by atoms with Gasteiger partial charge in [0.2, 0.25) is 6.08 Å². The Kier molecular flexibility index (Phi) is 2.95. The van der Waals surface area contributed by atoms with Gasteiger partial charge in [-0.25, -0.2) is 4.79 Å². The zero-order valence-electron chi connectivity index (χ0n) is 6.73. The molecule has 0 spiro atoms. The quantitative estimate of drug-likeness (QED) is 0.558. The molecule has 0 radical (unpaired) electrons. The molecule has 1 rings (SSSR count). The minimum Gasteiger partial charge on any atom is -0.481 e. The average molecular weight is 177 g/mol. The number of carbonyl (C=O) groups is 1. The van der Waals surface area contributed by atoms with Crippen LogP contribution in [0.2, 0.25) is 0 Å². The second kappa shape index (κ2) is 4.18. The third kappa shape index (κ3) is 2.89. The van der Waals surface area contributed by atoms with Crippen molar-refractivity contribution in [3.8, 4) is 0 Å². The Morgan fingerprint density at radius 2 is 2.31 bits per heavy atom. The fraction of sp³-hybridized carbons (Fsp3) is 0.111. The van der Waals surface area contributed by atoms with E-state index in [0.717, 1.165) is 0 Å². The van der Waals surface area contributed by atoms with Gasteiger partial charge in [-0.2, -0.15) is 4.99 Å². The molecule has 13 heavy (non-hydrogen) atoms. The zero-order valence-corrected chi connectivity index (χ0v) is 6.73. The highest BCUT2D eigenvalue weighted by Crippen LogP contribution is 2.13. The van der Waals surface area contributed by atoms with Crippen molar-refractivity contribution >= 4 is 17.7 Å². The van der Waals surface area contributed by atoms with Crippen molar-refractivity contribution in [2.24, 2.45) is 4.99 Å². The third-order valence-corrected chi connectivity index (χ3v) is 1.44. The summed E-state index contributed by atoms with van der Waals surface area (Å²) in [5.74, 6) is -0.910. The van der Waals surface area contributed by atoms with E-state index in [1.54, 1.807) is 24.3 Å². The maximum atomic E-state index is 10.3. The van der Waals surface area contributed by atoms with Gasteiger partial charge in [-0.15, -0.1) is 0 Å². The fourth-order valence-corrected chi connectivity index (χ4v) is 0.963. The Morgan fingerprint density at radius 1 is 1.54 bits per heavy atom. The van der Waals surface area contributed by atoms with E-state index in [-0.39, 0.29) is 6.42 Å². The van der Waals surface area contributed by atoms with Crippen LogP contribution >= 0.6 is 0 Å². The van der Waals surface area contributed by atoms with Gasteiger partial charge in [-0.05, 0) is 17.7 Å². The second-order valence-electron chi connectivity index (χ2n) is 2.44. The smallest absolute Gasteiger partial charge is 0.307 e. The molecule has 0 aliphatic carbocycles. The molecule has 0 unspecified atom stereocenters. The lowest BCUT2D eigenvalue weighted by Crippen LogP contribution is -1.99. The molecule has 0 aliphatic heterocycles. The molecular weight excluding hydrogens is 170 g/mol. The molecule has 0 aliphatic rings. The van der Waals surface area contributed by atoms with E-state index in [9.17, 15) is 9.59 Å². The first-order valence-electron chi connectivity index (χ1n) is 3.61. The van der Waals surface area contributed by atoms with Crippen LogP contribution in [0.1, 0.15) is 5.56 Å². The number of carbonyl (C=O) groups excluding carboxylic acids is 1. The molecule has 0 aromatic heterocycles. The van der Waals surface area contributed by atoms with Crippen LogP contribution in [0.4, 0.5) is 5.69 Å². The molecule has 0 amide bonds. The van der Waals surface area contributed by atoms with Crippen molar-refractivity contribution in [2.45, 2.75) is 6.42 Å². The summed E-state index contributed by atoms with van der Waals surface area (Å²) in [5, 5.41) is 8.48. The normalized spacial score (nSPS) is 8.92. The van der Waals surface area contributed by atoms with Crippen molar-refractivity contribution in [2.75, 3.05) is 0 Å². The van der Waals surface area contributed by atoms with Gasteiger partial charge in [0, 0.05) is 0 Å². The van der Waals surface area contributed by atoms with Crippen LogP contribution in [0.15, 0.2) is 29.3 Å². The van der Waals surface area contributed by atoms with Gasteiger partial charge in [0.25, 0.3) is 0 Å². The lowest BCUT2D eigenvalue weighted by molar-refractivity contribution is -0.136. The van der Waals surface area contributed by atoms with Gasteiger partial charge in [0.1, 0.15) is 0 Å². The number of rotatable bonds is 3. The summed E-state index contributed by atoms with van der Waals surface area (Å²) in [6.07, 6.45) is 1.32. The summed E-state index contributed by atoms with van der Waals surface area (Å²) in [7, 11) is 0. The molecule has 0 atom stereocenters. The molecule has 0 saturated heterocycles. The SMILES string of the molecule is O=C=Nc1cccc(CC(=O)O)c1. The van der Waals surface area contributed by atoms with Gasteiger partial charge in [-0.3, -0.25) is 4.79 Å². The highest BCUT2D eigenvalue weighted by molar-refractivity contribution is 5.70. The molecule has 66 valence electrons. The van der Waals surface area contributed by atoms with Crippen LogP contribution in [-0.4, -0.2) is 17.2 Å². The minimum atomic E-state index is -0.910. The standard InChI is InChI=1S/C9H7NO3/c11-6-10-8-3-1-2-7(4-8)5-9(12)13/h1-4H,5H2,(H,12,13). The average Bonchev–Trinajstić information content (AvgIpc) is 2.04. The maximum absolute atomic E-state index is 10.3. The molecule has 1 aromatic carbocycles. The minimum absolute atomic E-state index is 0.0672. The maximum Gasteiger partial charge on any atom is 0.307 e. The number of aliphatic imine (C=N–C) groups is 1. The van der Waals surface area contributed by atoms with Crippen molar-refractivity contribution in [3.63, 3.8) is 0 Å². The van der Waals surface area contributed by atoms with E-state index in [0.29, 0.717) is 11.3 Å². The first kappa shape index (κ1) is 9.16. The lowest BCUT2D eigenvalue weighted by atomic mass is 10.1. The second-order valence-corrected chi connectivity index (χ2v) is 2.44. The summed E-state index contributed by atoms with van der Waals surface area (Å²) in [6.45, 7) is 0. The van der Waals surface area contributed by atoms with E-state index >= 15 is 0 Å². The topological polar surface area (TPSA) is 66.7 Å². The molecule has 1 N–H and O–H groups in total. The number of hydrogen-bond donors (Lipinski definition) is 1. The van der Waals surface area contributed by atoms with Gasteiger partial charge in [-0.1, -0.05) is 12.1 Å². The van der Waals surface area contributed by atoms with Crippen LogP contribution in [-0.2, 0) is 16.0 Å². The first-order valence-corrected chi connectivity index (χ1v) is 3.61. The molecule has 0 heterocycles. The number of benzene rings is 1. The van der Waals surface area contributed by atoms with E-state index < -0.39 is 5.97 Å².